The molecule has 1 saturated heterocycles. The van der Waals surface area contributed by atoms with Crippen molar-refractivity contribution in [2.24, 2.45) is 0 Å². The molecule has 0 radical (unpaired) electrons. The minimum Gasteiger partial charge on any atom is -0.366 e. The van der Waals surface area contributed by atoms with Crippen LogP contribution >= 0.6 is 27.5 Å². The minimum atomic E-state index is -0.741. The average molecular weight is 490 g/mol. The molecule has 0 aliphatic carbocycles. The number of nitrogens with zero attached hydrogens (tertiary/aromatic N) is 2. The predicted molar refractivity (Wildman–Crippen MR) is 118 cm³/mol. The fourth-order valence-electron chi connectivity index (χ4n) is 3.68. The van der Waals surface area contributed by atoms with Gasteiger partial charge in [0.1, 0.15) is 6.04 Å². The van der Waals surface area contributed by atoms with Crippen LogP contribution in [0.3, 0.4) is 0 Å². The number of carbonyl (C=O) groups is 3. The quantitative estimate of drug-likeness (QED) is 0.689. The number of nitrogens with one attached hydrogen (secondary N) is 2. The Hall–Kier alpha value is -2.84. The first-order valence-electron chi connectivity index (χ1n) is 9.17. The van der Waals surface area contributed by atoms with E-state index in [2.05, 4.69) is 26.6 Å². The van der Waals surface area contributed by atoms with Crippen molar-refractivity contribution in [3.8, 4) is 0 Å². The van der Waals surface area contributed by atoms with E-state index in [0.29, 0.717) is 22.0 Å². The summed E-state index contributed by atoms with van der Waals surface area (Å²) in [6.07, 6.45) is 1.60. The lowest BCUT2D eigenvalue weighted by atomic mass is 9.99. The molecule has 0 saturated carbocycles. The highest BCUT2D eigenvalue weighted by molar-refractivity contribution is 9.10. The van der Waals surface area contributed by atoms with Crippen molar-refractivity contribution in [1.29, 1.82) is 0 Å². The zero-order chi connectivity index (χ0) is 21.6. The summed E-state index contributed by atoms with van der Waals surface area (Å²) < 4.78 is 0.908. The summed E-state index contributed by atoms with van der Waals surface area (Å²) in [7, 11) is 1.71. The van der Waals surface area contributed by atoms with E-state index in [1.807, 2.05) is 19.1 Å². The second-order valence-corrected chi connectivity index (χ2v) is 8.54. The molecule has 2 atom stereocenters. The number of carbonyl (C=O) groups excluding carboxylic acids is 3. The Morgan fingerprint density at radius 2 is 1.87 bits per heavy atom. The summed E-state index contributed by atoms with van der Waals surface area (Å²) >= 11 is 9.30. The van der Waals surface area contributed by atoms with Crippen LogP contribution in [0.2, 0.25) is 5.02 Å². The summed E-state index contributed by atoms with van der Waals surface area (Å²) in [4.78, 5) is 41.6. The van der Waals surface area contributed by atoms with Gasteiger partial charge in [0.05, 0.1) is 17.3 Å². The monoisotopic (exact) mass is 488 g/mol. The Kier molecular flexibility index (Phi) is 5.29. The number of fused-ring (bicyclic) bond motifs is 1. The third-order valence-electron chi connectivity index (χ3n) is 5.17. The van der Waals surface area contributed by atoms with Gasteiger partial charge in [0, 0.05) is 28.4 Å². The van der Waals surface area contributed by atoms with E-state index in [9.17, 15) is 14.4 Å². The number of hydrogen-bond acceptors (Lipinski definition) is 4. The molecule has 1 fully saturated rings. The zero-order valence-electron chi connectivity index (χ0n) is 16.1. The number of anilines is 2. The Bertz CT molecular complexity index is 1090. The van der Waals surface area contributed by atoms with Gasteiger partial charge in [0.2, 0.25) is 0 Å². The Balaban J connectivity index is 1.58. The molecule has 30 heavy (non-hydrogen) atoms. The largest absolute Gasteiger partial charge is 0.366 e. The molecule has 2 unspecified atom stereocenters. The Morgan fingerprint density at radius 1 is 1.17 bits per heavy atom. The summed E-state index contributed by atoms with van der Waals surface area (Å²) in [5.74, 6) is -0.778. The maximum absolute atomic E-state index is 13.2. The van der Waals surface area contributed by atoms with E-state index in [4.69, 9.17) is 11.6 Å². The van der Waals surface area contributed by atoms with Crippen molar-refractivity contribution in [3.05, 3.63) is 69.3 Å². The number of amides is 4. The minimum absolute atomic E-state index is 0.322. The van der Waals surface area contributed by atoms with E-state index >= 15 is 0 Å². The standard InChI is InChI=1S/C21H18BrClN4O3/c1-11-9-12(22)3-8-16(11)24-19(28)15-10-26(2)18-17(15)25-21(30)27(20(18)29)14-6-4-13(23)5-7-14/h3-10,17-18H,1-2H3,(H,24,28)(H,25,30). The van der Waals surface area contributed by atoms with Crippen molar-refractivity contribution in [2.75, 3.05) is 17.3 Å². The van der Waals surface area contributed by atoms with Gasteiger partial charge in [-0.2, -0.15) is 0 Å². The van der Waals surface area contributed by atoms with Gasteiger partial charge in [-0.25, -0.2) is 9.69 Å². The van der Waals surface area contributed by atoms with Crippen molar-refractivity contribution >= 4 is 56.8 Å². The van der Waals surface area contributed by atoms with Gasteiger partial charge in [-0.05, 0) is 55.0 Å². The third kappa shape index (κ3) is 3.57. The van der Waals surface area contributed by atoms with Crippen LogP contribution in [-0.2, 0) is 9.59 Å². The summed E-state index contributed by atoms with van der Waals surface area (Å²) in [5.41, 5.74) is 2.28. The van der Waals surface area contributed by atoms with Crippen molar-refractivity contribution in [1.82, 2.24) is 10.2 Å². The van der Waals surface area contributed by atoms with E-state index in [0.717, 1.165) is 14.9 Å². The first-order valence-corrected chi connectivity index (χ1v) is 10.3. The number of imide groups is 1. The first kappa shape index (κ1) is 20.4. The first-order chi connectivity index (χ1) is 14.3. The van der Waals surface area contributed by atoms with Crippen molar-refractivity contribution < 1.29 is 14.4 Å². The Labute approximate surface area is 186 Å². The number of halogens is 2. The molecule has 7 nitrogen and oxygen atoms in total. The van der Waals surface area contributed by atoms with E-state index in [-0.39, 0.29) is 5.91 Å². The molecule has 2 N–H and O–H groups in total. The van der Waals surface area contributed by atoms with Crippen LogP contribution < -0.4 is 15.5 Å². The fourth-order valence-corrected chi connectivity index (χ4v) is 4.29. The highest BCUT2D eigenvalue weighted by Gasteiger charge is 2.49. The van der Waals surface area contributed by atoms with Crippen LogP contribution in [-0.4, -0.2) is 41.9 Å². The number of hydrogen-bond donors (Lipinski definition) is 2. The van der Waals surface area contributed by atoms with Crippen LogP contribution in [0.5, 0.6) is 0 Å². The molecule has 2 aliphatic heterocycles. The molecule has 0 spiro atoms. The van der Waals surface area contributed by atoms with Gasteiger partial charge >= 0.3 is 6.03 Å². The molecule has 2 heterocycles. The van der Waals surface area contributed by atoms with Gasteiger partial charge in [0.15, 0.2) is 0 Å². The highest BCUT2D eigenvalue weighted by atomic mass is 79.9. The summed E-state index contributed by atoms with van der Waals surface area (Å²) in [6.45, 7) is 1.88. The summed E-state index contributed by atoms with van der Waals surface area (Å²) in [5, 5.41) is 6.17. The van der Waals surface area contributed by atoms with Gasteiger partial charge in [-0.3, -0.25) is 9.59 Å². The lowest BCUT2D eigenvalue weighted by Crippen LogP contribution is -2.65. The molecule has 154 valence electrons. The molecule has 4 rings (SSSR count). The second kappa shape index (κ2) is 7.77. The van der Waals surface area contributed by atoms with Gasteiger partial charge < -0.3 is 15.5 Å². The number of aryl methyl sites for hydroxylation is 1. The molecule has 0 aromatic heterocycles. The highest BCUT2D eigenvalue weighted by Crippen LogP contribution is 2.31. The number of likely N-dealkylation sites (N-methyl/N-ethyl adjacent to an activating group) is 1. The van der Waals surface area contributed by atoms with Crippen LogP contribution in [0.25, 0.3) is 0 Å². The van der Waals surface area contributed by atoms with Crippen LogP contribution in [0, 0.1) is 6.92 Å². The molecular formula is C21H18BrClN4O3. The van der Waals surface area contributed by atoms with Gasteiger partial charge in [0.25, 0.3) is 11.8 Å². The summed E-state index contributed by atoms with van der Waals surface area (Å²) in [6, 6.07) is 9.90. The van der Waals surface area contributed by atoms with Crippen molar-refractivity contribution in [3.63, 3.8) is 0 Å². The lowest BCUT2D eigenvalue weighted by molar-refractivity contribution is -0.122. The molecule has 2 aromatic carbocycles. The number of rotatable bonds is 3. The topological polar surface area (TPSA) is 81.8 Å². The molecule has 9 heteroatoms. The Morgan fingerprint density at radius 3 is 2.53 bits per heavy atom. The van der Waals surface area contributed by atoms with Crippen molar-refractivity contribution in [2.45, 2.75) is 19.0 Å². The molecular weight excluding hydrogens is 472 g/mol. The SMILES string of the molecule is Cc1cc(Br)ccc1NC(=O)C1=CN(C)C2C(=O)N(c3ccc(Cl)cc3)C(=O)NC12. The maximum atomic E-state index is 13.2. The third-order valence-corrected chi connectivity index (χ3v) is 5.92. The fraction of sp³-hybridized carbons (Fsp3) is 0.190. The van der Waals surface area contributed by atoms with Crippen LogP contribution in [0.4, 0.5) is 16.2 Å². The number of benzene rings is 2. The van der Waals surface area contributed by atoms with Gasteiger partial charge in [-0.15, -0.1) is 0 Å². The maximum Gasteiger partial charge on any atom is 0.329 e. The van der Waals surface area contributed by atoms with E-state index < -0.39 is 24.0 Å². The lowest BCUT2D eigenvalue weighted by Gasteiger charge is -2.37. The normalized spacial score (nSPS) is 20.6. The second-order valence-electron chi connectivity index (χ2n) is 7.19. The molecule has 0 bridgehead atoms. The van der Waals surface area contributed by atoms with E-state index in [1.54, 1.807) is 48.5 Å². The average Bonchev–Trinajstić information content (AvgIpc) is 3.02. The molecule has 2 aromatic rings. The smallest absolute Gasteiger partial charge is 0.329 e. The van der Waals surface area contributed by atoms with E-state index in [1.165, 1.54) is 0 Å². The van der Waals surface area contributed by atoms with Gasteiger partial charge in [-0.1, -0.05) is 27.5 Å². The number of urea groups is 1. The zero-order valence-corrected chi connectivity index (χ0v) is 18.5. The predicted octanol–water partition coefficient (Wildman–Crippen LogP) is 3.67. The molecule has 2 aliphatic rings. The van der Waals surface area contributed by atoms with Crippen LogP contribution in [0.15, 0.2) is 58.7 Å². The van der Waals surface area contributed by atoms with Crippen LogP contribution in [0.1, 0.15) is 5.56 Å². The molecule has 4 amide bonds.